The molecule has 1 aliphatic heterocycles. The zero-order chi connectivity index (χ0) is 10.8. The molecule has 0 amide bonds. The van der Waals surface area contributed by atoms with Crippen LogP contribution in [0, 0.1) is 0 Å². The molecule has 0 N–H and O–H groups in total. The second kappa shape index (κ2) is 5.73. The fourth-order valence-electron chi connectivity index (χ4n) is 3.54. The van der Waals surface area contributed by atoms with E-state index in [1.165, 1.54) is 58.0 Å². The summed E-state index contributed by atoms with van der Waals surface area (Å²) in [4.78, 5) is 4.42. The first-order valence-corrected chi connectivity index (χ1v) is 7.59. The smallest absolute Gasteiger partial charge is 0.0553 e. The van der Waals surface area contributed by atoms with Crippen LogP contribution in [-0.4, -0.2) is 18.0 Å². The number of hydrogen-bond acceptors (Lipinski definition) is 2. The first-order chi connectivity index (χ1) is 7.92. The van der Waals surface area contributed by atoms with Gasteiger partial charge < -0.3 is 0 Å². The monoisotopic (exact) mass is 271 g/mol. The normalized spacial score (nSPS) is 24.5. The molecule has 2 fully saturated rings. The topological polar surface area (TPSA) is 3.24 Å². The van der Waals surface area contributed by atoms with E-state index in [2.05, 4.69) is 22.4 Å². The van der Waals surface area contributed by atoms with E-state index < -0.39 is 0 Å². The number of thiophene rings is 1. The van der Waals surface area contributed by atoms with E-state index in [0.717, 1.165) is 0 Å². The third-order valence-corrected chi connectivity index (χ3v) is 5.44. The van der Waals surface area contributed by atoms with Crippen LogP contribution in [0.25, 0.3) is 0 Å². The van der Waals surface area contributed by atoms with Crippen molar-refractivity contribution in [3.05, 3.63) is 22.4 Å². The van der Waals surface area contributed by atoms with Gasteiger partial charge in [0.2, 0.25) is 0 Å². The molecule has 3 rings (SSSR count). The van der Waals surface area contributed by atoms with E-state index in [4.69, 9.17) is 0 Å². The molecule has 3 heteroatoms. The molecule has 0 radical (unpaired) electrons. The Hall–Kier alpha value is -0.0500. The summed E-state index contributed by atoms with van der Waals surface area (Å²) in [6.45, 7) is 2.66. The summed E-state index contributed by atoms with van der Waals surface area (Å²) in [6.07, 6.45) is 9.91. The van der Waals surface area contributed by atoms with Crippen molar-refractivity contribution in [1.29, 1.82) is 0 Å². The van der Waals surface area contributed by atoms with Crippen LogP contribution in [0.3, 0.4) is 0 Å². The highest BCUT2D eigenvalue weighted by Gasteiger charge is 2.41. The zero-order valence-corrected chi connectivity index (χ0v) is 12.0. The molecule has 17 heavy (non-hydrogen) atoms. The fraction of sp³-hybridized carbons (Fsp3) is 0.714. The Morgan fingerprint density at radius 1 is 1.00 bits per heavy atom. The molecule has 96 valence electrons. The van der Waals surface area contributed by atoms with Crippen LogP contribution >= 0.6 is 23.7 Å². The van der Waals surface area contributed by atoms with E-state index in [0.29, 0.717) is 5.54 Å². The van der Waals surface area contributed by atoms with Gasteiger partial charge in [0.05, 0.1) is 5.54 Å². The van der Waals surface area contributed by atoms with Crippen LogP contribution in [0.4, 0.5) is 0 Å². The van der Waals surface area contributed by atoms with E-state index in [1.807, 2.05) is 11.3 Å². The first-order valence-electron chi connectivity index (χ1n) is 6.71. The van der Waals surface area contributed by atoms with Crippen molar-refractivity contribution >= 4 is 23.7 Å². The van der Waals surface area contributed by atoms with Gasteiger partial charge in [0, 0.05) is 4.88 Å². The third kappa shape index (κ3) is 2.40. The lowest BCUT2D eigenvalue weighted by molar-refractivity contribution is 0.0741. The largest absolute Gasteiger partial charge is 0.293 e. The standard InChI is InChI=1S/C14H21NS.ClH/c1-2-8-14(9-3-1,13-7-6-12-16-13)15-10-4-5-11-15;/h6-7,12H,1-5,8-11H2;1H. The van der Waals surface area contributed by atoms with Crippen LogP contribution in [0.1, 0.15) is 49.8 Å². The molecule has 1 aromatic heterocycles. The second-order valence-electron chi connectivity index (χ2n) is 5.26. The highest BCUT2D eigenvalue weighted by Crippen LogP contribution is 2.45. The van der Waals surface area contributed by atoms with Crippen molar-refractivity contribution in [3.63, 3.8) is 0 Å². The minimum Gasteiger partial charge on any atom is -0.293 e. The van der Waals surface area contributed by atoms with Crippen molar-refractivity contribution in [2.75, 3.05) is 13.1 Å². The van der Waals surface area contributed by atoms with E-state index in [1.54, 1.807) is 4.88 Å². The average molecular weight is 272 g/mol. The second-order valence-corrected chi connectivity index (χ2v) is 6.21. The lowest BCUT2D eigenvalue weighted by Gasteiger charge is -2.44. The summed E-state index contributed by atoms with van der Waals surface area (Å²) in [5, 5.41) is 2.25. The van der Waals surface area contributed by atoms with E-state index in [9.17, 15) is 0 Å². The zero-order valence-electron chi connectivity index (χ0n) is 10.4. The third-order valence-electron chi connectivity index (χ3n) is 4.37. The molecule has 0 bridgehead atoms. The maximum Gasteiger partial charge on any atom is 0.0553 e. The molecule has 1 aromatic rings. The number of hydrogen-bond donors (Lipinski definition) is 0. The number of nitrogens with zero attached hydrogens (tertiary/aromatic N) is 1. The molecule has 1 nitrogen and oxygen atoms in total. The van der Waals surface area contributed by atoms with Gasteiger partial charge in [-0.15, -0.1) is 23.7 Å². The molecule has 2 heterocycles. The Balaban J connectivity index is 0.00000108. The van der Waals surface area contributed by atoms with Crippen molar-refractivity contribution in [2.45, 2.75) is 50.5 Å². The molecule has 0 atom stereocenters. The predicted molar refractivity (Wildman–Crippen MR) is 77.1 cm³/mol. The van der Waals surface area contributed by atoms with Crippen molar-refractivity contribution < 1.29 is 0 Å². The van der Waals surface area contributed by atoms with Gasteiger partial charge in [0.25, 0.3) is 0 Å². The fourth-order valence-corrected chi connectivity index (χ4v) is 4.56. The lowest BCUT2D eigenvalue weighted by Crippen LogP contribution is -2.45. The summed E-state index contributed by atoms with van der Waals surface area (Å²) in [5.41, 5.74) is 0.433. The Kier molecular flexibility index (Phi) is 4.51. The van der Waals surface area contributed by atoms with Gasteiger partial charge in [0.1, 0.15) is 0 Å². The van der Waals surface area contributed by atoms with Gasteiger partial charge in [-0.05, 0) is 50.2 Å². The van der Waals surface area contributed by atoms with Gasteiger partial charge in [-0.3, -0.25) is 4.90 Å². The van der Waals surface area contributed by atoms with Crippen molar-refractivity contribution in [1.82, 2.24) is 4.90 Å². The Morgan fingerprint density at radius 3 is 2.29 bits per heavy atom. The molecule has 0 aromatic carbocycles. The molecule has 1 saturated carbocycles. The van der Waals surface area contributed by atoms with Crippen LogP contribution in [0.5, 0.6) is 0 Å². The highest BCUT2D eigenvalue weighted by molar-refractivity contribution is 7.10. The summed E-state index contributed by atoms with van der Waals surface area (Å²) in [7, 11) is 0. The molecule has 1 aliphatic carbocycles. The molecule has 1 saturated heterocycles. The minimum absolute atomic E-state index is 0. The Bertz CT molecular complexity index is 324. The first kappa shape index (κ1) is 13.4. The molecular formula is C14H22ClNS. The minimum atomic E-state index is 0. The highest BCUT2D eigenvalue weighted by atomic mass is 35.5. The van der Waals surface area contributed by atoms with Crippen LogP contribution in [0.15, 0.2) is 17.5 Å². The molecule has 0 unspecified atom stereocenters. The summed E-state index contributed by atoms with van der Waals surface area (Å²) < 4.78 is 0. The summed E-state index contributed by atoms with van der Waals surface area (Å²) >= 11 is 1.97. The quantitative estimate of drug-likeness (QED) is 0.769. The Labute approximate surface area is 115 Å². The number of halogens is 1. The van der Waals surface area contributed by atoms with E-state index in [-0.39, 0.29) is 12.4 Å². The molecule has 0 spiro atoms. The molecule has 2 aliphatic rings. The van der Waals surface area contributed by atoms with Crippen LogP contribution < -0.4 is 0 Å². The SMILES string of the molecule is Cl.c1csc(C2(N3CCCC3)CCCCC2)c1. The van der Waals surface area contributed by atoms with Crippen molar-refractivity contribution in [3.8, 4) is 0 Å². The van der Waals surface area contributed by atoms with Crippen LogP contribution in [-0.2, 0) is 5.54 Å². The maximum atomic E-state index is 2.79. The average Bonchev–Trinajstić information content (AvgIpc) is 3.04. The Morgan fingerprint density at radius 2 is 1.71 bits per heavy atom. The van der Waals surface area contributed by atoms with Crippen LogP contribution in [0.2, 0.25) is 0 Å². The van der Waals surface area contributed by atoms with E-state index >= 15 is 0 Å². The number of rotatable bonds is 2. The lowest BCUT2D eigenvalue weighted by atomic mass is 9.79. The van der Waals surface area contributed by atoms with Crippen molar-refractivity contribution in [2.24, 2.45) is 0 Å². The summed E-state index contributed by atoms with van der Waals surface area (Å²) in [6, 6.07) is 4.60. The van der Waals surface area contributed by atoms with Gasteiger partial charge in [-0.25, -0.2) is 0 Å². The predicted octanol–water partition coefficient (Wildman–Crippen LogP) is 4.43. The van der Waals surface area contributed by atoms with Gasteiger partial charge in [0.15, 0.2) is 0 Å². The van der Waals surface area contributed by atoms with Gasteiger partial charge in [-0.1, -0.05) is 25.3 Å². The molecular weight excluding hydrogens is 250 g/mol. The number of likely N-dealkylation sites (tertiary alicyclic amines) is 1. The maximum absolute atomic E-state index is 2.79. The summed E-state index contributed by atoms with van der Waals surface area (Å²) in [5.74, 6) is 0. The van der Waals surface area contributed by atoms with Gasteiger partial charge in [-0.2, -0.15) is 0 Å². The van der Waals surface area contributed by atoms with Gasteiger partial charge >= 0.3 is 0 Å².